The van der Waals surface area contributed by atoms with E-state index in [1.165, 1.54) is 37.0 Å². The molecule has 1 saturated carbocycles. The molecule has 2 rings (SSSR count). The molecule has 1 N–H and O–H groups in total. The highest BCUT2D eigenvalue weighted by atomic mass is 32.1. The van der Waals surface area contributed by atoms with Gasteiger partial charge in [-0.3, -0.25) is 4.79 Å². The minimum Gasteiger partial charge on any atom is -0.301 e. The van der Waals surface area contributed by atoms with E-state index < -0.39 is 0 Å². The molecule has 0 radical (unpaired) electrons. The van der Waals surface area contributed by atoms with E-state index >= 15 is 0 Å². The summed E-state index contributed by atoms with van der Waals surface area (Å²) in [4.78, 5) is 11.8. The van der Waals surface area contributed by atoms with Crippen LogP contribution in [0.1, 0.15) is 51.0 Å². The molecule has 1 aromatic rings. The third-order valence-corrected chi connectivity index (χ3v) is 4.11. The SMILES string of the molecule is CC(C)Cc1nnc(NC(=O)CC2CCCC2)s1. The van der Waals surface area contributed by atoms with Gasteiger partial charge < -0.3 is 5.32 Å². The Hall–Kier alpha value is -0.970. The van der Waals surface area contributed by atoms with Gasteiger partial charge in [0.25, 0.3) is 0 Å². The molecule has 100 valence electrons. The van der Waals surface area contributed by atoms with Gasteiger partial charge in [-0.25, -0.2) is 0 Å². The molecule has 1 amide bonds. The van der Waals surface area contributed by atoms with Gasteiger partial charge in [-0.1, -0.05) is 38.0 Å². The van der Waals surface area contributed by atoms with Crippen LogP contribution in [0, 0.1) is 11.8 Å². The van der Waals surface area contributed by atoms with E-state index in [4.69, 9.17) is 0 Å². The Balaban J connectivity index is 1.81. The predicted octanol–water partition coefficient (Wildman–Crippen LogP) is 3.26. The predicted molar refractivity (Wildman–Crippen MR) is 73.7 cm³/mol. The topological polar surface area (TPSA) is 54.9 Å². The van der Waals surface area contributed by atoms with Gasteiger partial charge in [0.1, 0.15) is 5.01 Å². The molecule has 1 aromatic heterocycles. The number of anilines is 1. The maximum Gasteiger partial charge on any atom is 0.226 e. The monoisotopic (exact) mass is 267 g/mol. The van der Waals surface area contributed by atoms with Crippen molar-refractivity contribution in [3.63, 3.8) is 0 Å². The van der Waals surface area contributed by atoms with Crippen LogP contribution in [-0.2, 0) is 11.2 Å². The summed E-state index contributed by atoms with van der Waals surface area (Å²) < 4.78 is 0. The Morgan fingerprint density at radius 2 is 2.11 bits per heavy atom. The lowest BCUT2D eigenvalue weighted by Crippen LogP contribution is -2.14. The Morgan fingerprint density at radius 3 is 2.78 bits per heavy atom. The Kier molecular flexibility index (Phi) is 4.69. The minimum absolute atomic E-state index is 0.0918. The van der Waals surface area contributed by atoms with Crippen LogP contribution in [0.3, 0.4) is 0 Å². The molecular weight excluding hydrogens is 246 g/mol. The van der Waals surface area contributed by atoms with E-state index in [1.807, 2.05) is 0 Å². The van der Waals surface area contributed by atoms with Crippen LogP contribution in [0.5, 0.6) is 0 Å². The largest absolute Gasteiger partial charge is 0.301 e. The molecule has 1 aliphatic rings. The highest BCUT2D eigenvalue weighted by molar-refractivity contribution is 7.15. The number of hydrogen-bond donors (Lipinski definition) is 1. The van der Waals surface area contributed by atoms with E-state index in [0.717, 1.165) is 11.4 Å². The summed E-state index contributed by atoms with van der Waals surface area (Å²) in [6.45, 7) is 4.31. The maximum absolute atomic E-state index is 11.8. The maximum atomic E-state index is 11.8. The fourth-order valence-corrected chi connectivity index (χ4v) is 3.35. The van der Waals surface area contributed by atoms with Crippen molar-refractivity contribution >= 4 is 22.4 Å². The van der Waals surface area contributed by atoms with E-state index in [2.05, 4.69) is 29.4 Å². The lowest BCUT2D eigenvalue weighted by Gasteiger charge is -2.06. The second-order valence-corrected chi connectivity index (χ2v) is 6.56. The standard InChI is InChI=1S/C13H21N3OS/c1-9(2)7-12-15-16-13(18-12)14-11(17)8-10-5-3-4-6-10/h9-10H,3-8H2,1-2H3,(H,14,16,17). The molecule has 0 unspecified atom stereocenters. The van der Waals surface area contributed by atoms with Crippen LogP contribution >= 0.6 is 11.3 Å². The molecule has 0 atom stereocenters. The molecule has 0 bridgehead atoms. The van der Waals surface area contributed by atoms with Gasteiger partial charge in [-0.15, -0.1) is 10.2 Å². The molecule has 0 aromatic carbocycles. The number of aromatic nitrogens is 2. The molecule has 0 spiro atoms. The average Bonchev–Trinajstić information content (AvgIpc) is 2.89. The van der Waals surface area contributed by atoms with Gasteiger partial charge in [-0.05, 0) is 24.7 Å². The van der Waals surface area contributed by atoms with Crippen LogP contribution < -0.4 is 5.32 Å². The third kappa shape index (κ3) is 4.05. The molecule has 4 nitrogen and oxygen atoms in total. The number of nitrogens with zero attached hydrogens (tertiary/aromatic N) is 2. The summed E-state index contributed by atoms with van der Waals surface area (Å²) in [5, 5.41) is 12.6. The van der Waals surface area contributed by atoms with Crippen molar-refractivity contribution in [2.45, 2.75) is 52.4 Å². The molecule has 18 heavy (non-hydrogen) atoms. The first-order chi connectivity index (χ1) is 8.63. The smallest absolute Gasteiger partial charge is 0.226 e. The number of amides is 1. The fraction of sp³-hybridized carbons (Fsp3) is 0.769. The zero-order chi connectivity index (χ0) is 13.0. The number of carbonyl (C=O) groups excluding carboxylic acids is 1. The van der Waals surface area contributed by atoms with Crippen LogP contribution in [0.4, 0.5) is 5.13 Å². The second-order valence-electron chi connectivity index (χ2n) is 5.50. The number of hydrogen-bond acceptors (Lipinski definition) is 4. The molecule has 0 saturated heterocycles. The highest BCUT2D eigenvalue weighted by Crippen LogP contribution is 2.28. The number of carbonyl (C=O) groups is 1. The quantitative estimate of drug-likeness (QED) is 0.891. The average molecular weight is 267 g/mol. The van der Waals surface area contributed by atoms with Crippen molar-refractivity contribution in [2.75, 3.05) is 5.32 Å². The van der Waals surface area contributed by atoms with E-state index in [9.17, 15) is 4.79 Å². The number of nitrogens with one attached hydrogen (secondary N) is 1. The first-order valence-electron chi connectivity index (χ1n) is 6.75. The zero-order valence-corrected chi connectivity index (χ0v) is 11.9. The van der Waals surface area contributed by atoms with E-state index in [0.29, 0.717) is 23.4 Å². The van der Waals surface area contributed by atoms with Crippen molar-refractivity contribution in [3.05, 3.63) is 5.01 Å². The highest BCUT2D eigenvalue weighted by Gasteiger charge is 2.19. The van der Waals surface area contributed by atoms with E-state index in [1.54, 1.807) is 0 Å². The summed E-state index contributed by atoms with van der Waals surface area (Å²) in [5.41, 5.74) is 0. The van der Waals surface area contributed by atoms with Crippen LogP contribution in [0.15, 0.2) is 0 Å². The van der Waals surface area contributed by atoms with Gasteiger partial charge in [0.05, 0.1) is 0 Å². The number of rotatable bonds is 5. The van der Waals surface area contributed by atoms with Gasteiger partial charge in [0.2, 0.25) is 11.0 Å². The summed E-state index contributed by atoms with van der Waals surface area (Å²) >= 11 is 1.49. The molecule has 5 heteroatoms. The molecule has 1 fully saturated rings. The van der Waals surface area contributed by atoms with Crippen LogP contribution in [-0.4, -0.2) is 16.1 Å². The Labute approximate surface area is 112 Å². The van der Waals surface area contributed by atoms with Crippen molar-refractivity contribution in [1.29, 1.82) is 0 Å². The Bertz CT molecular complexity index is 397. The van der Waals surface area contributed by atoms with Crippen LogP contribution in [0.25, 0.3) is 0 Å². The van der Waals surface area contributed by atoms with Crippen LogP contribution in [0.2, 0.25) is 0 Å². The molecule has 0 aliphatic heterocycles. The minimum atomic E-state index is 0.0918. The van der Waals surface area contributed by atoms with Gasteiger partial charge in [0.15, 0.2) is 0 Å². The molecular formula is C13H21N3OS. The molecule has 1 aliphatic carbocycles. The first kappa shape index (κ1) is 13.5. The van der Waals surface area contributed by atoms with E-state index in [-0.39, 0.29) is 5.91 Å². The summed E-state index contributed by atoms with van der Waals surface area (Å²) in [5.74, 6) is 1.24. The summed E-state index contributed by atoms with van der Waals surface area (Å²) in [6, 6.07) is 0. The van der Waals surface area contributed by atoms with Crippen molar-refractivity contribution in [2.24, 2.45) is 11.8 Å². The van der Waals surface area contributed by atoms with Gasteiger partial charge >= 0.3 is 0 Å². The van der Waals surface area contributed by atoms with Gasteiger partial charge in [-0.2, -0.15) is 0 Å². The zero-order valence-electron chi connectivity index (χ0n) is 11.1. The Morgan fingerprint density at radius 1 is 1.39 bits per heavy atom. The van der Waals surface area contributed by atoms with Crippen molar-refractivity contribution in [3.8, 4) is 0 Å². The normalized spacial score (nSPS) is 16.4. The summed E-state index contributed by atoms with van der Waals surface area (Å²) in [6.07, 6.45) is 6.50. The third-order valence-electron chi connectivity index (χ3n) is 3.24. The second kappa shape index (κ2) is 6.27. The van der Waals surface area contributed by atoms with Crippen molar-refractivity contribution in [1.82, 2.24) is 10.2 Å². The first-order valence-corrected chi connectivity index (χ1v) is 7.57. The van der Waals surface area contributed by atoms with Crippen molar-refractivity contribution < 1.29 is 4.79 Å². The van der Waals surface area contributed by atoms with Gasteiger partial charge in [0, 0.05) is 12.8 Å². The summed E-state index contributed by atoms with van der Waals surface area (Å²) in [7, 11) is 0. The lowest BCUT2D eigenvalue weighted by atomic mass is 10.0. The molecule has 1 heterocycles. The fourth-order valence-electron chi connectivity index (χ4n) is 2.38. The lowest BCUT2D eigenvalue weighted by molar-refractivity contribution is -0.117.